The second-order valence-corrected chi connectivity index (χ2v) is 5.56. The number of nitrogens with zero attached hydrogens (tertiary/aromatic N) is 4. The summed E-state index contributed by atoms with van der Waals surface area (Å²) in [6.45, 7) is 4.63. The molecular formula is C15H19N5O3. The lowest BCUT2D eigenvalue weighted by Crippen LogP contribution is -2.45. The standard InChI is InChI=1S/C15H19N5O3/c21-14-2-1-13(20(22)23)9-12(14)10-18-5-7-19(8-6-18)15-3-4-16-11-17-15/h1-3,9,11,21H,4-8,10H2,(H,16,17). The maximum Gasteiger partial charge on any atom is 0.270 e. The van der Waals surface area contributed by atoms with E-state index >= 15 is 0 Å². The molecule has 0 radical (unpaired) electrons. The summed E-state index contributed by atoms with van der Waals surface area (Å²) in [6.07, 6.45) is 3.77. The predicted octanol–water partition coefficient (Wildman–Crippen LogP) is 0.891. The Hall–Kier alpha value is -2.61. The summed E-state index contributed by atoms with van der Waals surface area (Å²) in [7, 11) is 0. The van der Waals surface area contributed by atoms with Crippen LogP contribution in [0, 0.1) is 10.1 Å². The van der Waals surface area contributed by atoms with Crippen LogP contribution in [0.4, 0.5) is 5.69 Å². The van der Waals surface area contributed by atoms with Gasteiger partial charge in [0.1, 0.15) is 11.6 Å². The molecule has 0 aromatic heterocycles. The minimum absolute atomic E-state index is 0.00522. The number of aliphatic imine (C=N–C) groups is 1. The molecule has 2 heterocycles. The lowest BCUT2D eigenvalue weighted by atomic mass is 10.1. The van der Waals surface area contributed by atoms with Gasteiger partial charge in [0.05, 0.1) is 11.3 Å². The van der Waals surface area contributed by atoms with Gasteiger partial charge in [0.25, 0.3) is 5.69 Å². The fourth-order valence-electron chi connectivity index (χ4n) is 2.77. The first-order valence-electron chi connectivity index (χ1n) is 7.53. The summed E-state index contributed by atoms with van der Waals surface area (Å²) >= 11 is 0. The molecule has 0 amide bonds. The Bertz CT molecular complexity index is 651. The quantitative estimate of drug-likeness (QED) is 0.633. The topological polar surface area (TPSA) is 94.2 Å². The van der Waals surface area contributed by atoms with Crippen molar-refractivity contribution in [3.63, 3.8) is 0 Å². The zero-order valence-corrected chi connectivity index (χ0v) is 12.7. The molecule has 0 aliphatic carbocycles. The predicted molar refractivity (Wildman–Crippen MR) is 86.2 cm³/mol. The Morgan fingerprint density at radius 3 is 2.74 bits per heavy atom. The van der Waals surface area contributed by atoms with Gasteiger partial charge in [-0.1, -0.05) is 0 Å². The molecular weight excluding hydrogens is 298 g/mol. The van der Waals surface area contributed by atoms with E-state index in [-0.39, 0.29) is 11.4 Å². The summed E-state index contributed by atoms with van der Waals surface area (Å²) in [4.78, 5) is 19.1. The number of aromatic hydroxyl groups is 1. The first-order chi connectivity index (χ1) is 11.1. The molecule has 0 atom stereocenters. The van der Waals surface area contributed by atoms with E-state index in [9.17, 15) is 15.2 Å². The van der Waals surface area contributed by atoms with Gasteiger partial charge in [-0.25, -0.2) is 4.99 Å². The highest BCUT2D eigenvalue weighted by molar-refractivity contribution is 5.57. The van der Waals surface area contributed by atoms with Crippen LogP contribution in [-0.4, -0.2) is 58.9 Å². The van der Waals surface area contributed by atoms with Crippen LogP contribution in [0.2, 0.25) is 0 Å². The van der Waals surface area contributed by atoms with Crippen molar-refractivity contribution in [2.45, 2.75) is 6.54 Å². The van der Waals surface area contributed by atoms with Crippen LogP contribution < -0.4 is 5.32 Å². The smallest absolute Gasteiger partial charge is 0.270 e. The average Bonchev–Trinajstić information content (AvgIpc) is 2.58. The van der Waals surface area contributed by atoms with Crippen molar-refractivity contribution in [3.05, 3.63) is 45.8 Å². The van der Waals surface area contributed by atoms with Gasteiger partial charge in [-0.3, -0.25) is 15.0 Å². The second-order valence-electron chi connectivity index (χ2n) is 5.56. The Kier molecular flexibility index (Phi) is 4.42. The first kappa shape index (κ1) is 15.3. The van der Waals surface area contributed by atoms with Crippen LogP contribution in [0.25, 0.3) is 0 Å². The van der Waals surface area contributed by atoms with E-state index in [1.807, 2.05) is 0 Å². The van der Waals surface area contributed by atoms with Gasteiger partial charge in [-0.2, -0.15) is 0 Å². The van der Waals surface area contributed by atoms with Crippen LogP contribution >= 0.6 is 0 Å². The van der Waals surface area contributed by atoms with Gasteiger partial charge < -0.3 is 15.3 Å². The number of phenolic OH excluding ortho intramolecular Hbond substituents is 1. The normalized spacial score (nSPS) is 18.4. The van der Waals surface area contributed by atoms with Gasteiger partial charge in [0.15, 0.2) is 0 Å². The van der Waals surface area contributed by atoms with Gasteiger partial charge >= 0.3 is 0 Å². The van der Waals surface area contributed by atoms with Crippen LogP contribution in [-0.2, 0) is 6.54 Å². The van der Waals surface area contributed by atoms with E-state index < -0.39 is 4.92 Å². The summed E-state index contributed by atoms with van der Waals surface area (Å²) in [5.74, 6) is 1.09. The Morgan fingerprint density at radius 2 is 2.09 bits per heavy atom. The van der Waals surface area contributed by atoms with Crippen LogP contribution in [0.3, 0.4) is 0 Å². The number of piperazine rings is 1. The Morgan fingerprint density at radius 1 is 1.30 bits per heavy atom. The van der Waals surface area contributed by atoms with E-state index in [1.165, 1.54) is 18.2 Å². The highest BCUT2D eigenvalue weighted by atomic mass is 16.6. The largest absolute Gasteiger partial charge is 0.508 e. The van der Waals surface area contributed by atoms with E-state index in [0.29, 0.717) is 12.1 Å². The second kappa shape index (κ2) is 6.66. The summed E-state index contributed by atoms with van der Waals surface area (Å²) in [5, 5.41) is 23.8. The van der Waals surface area contributed by atoms with Crippen LogP contribution in [0.1, 0.15) is 5.56 Å². The molecule has 122 valence electrons. The van der Waals surface area contributed by atoms with Crippen LogP contribution in [0.15, 0.2) is 35.1 Å². The molecule has 1 aromatic carbocycles. The fraction of sp³-hybridized carbons (Fsp3) is 0.400. The van der Waals surface area contributed by atoms with E-state index in [2.05, 4.69) is 26.2 Å². The zero-order valence-electron chi connectivity index (χ0n) is 12.7. The van der Waals surface area contributed by atoms with Gasteiger partial charge in [-0.05, 0) is 12.1 Å². The molecule has 23 heavy (non-hydrogen) atoms. The number of nitro groups is 1. The average molecular weight is 317 g/mol. The first-order valence-corrected chi connectivity index (χ1v) is 7.53. The SMILES string of the molecule is O=[N+]([O-])c1ccc(O)c(CN2CCN(C3=CCNC=N3)CC2)c1. The van der Waals surface area contributed by atoms with Crippen molar-refractivity contribution < 1.29 is 10.0 Å². The number of nitro benzene ring substituents is 1. The van der Waals surface area contributed by atoms with E-state index in [1.54, 1.807) is 6.34 Å². The minimum atomic E-state index is -0.442. The summed E-state index contributed by atoms with van der Waals surface area (Å²) in [6, 6.07) is 4.15. The molecule has 2 N–H and O–H groups in total. The number of hydrogen-bond donors (Lipinski definition) is 2. The van der Waals surface area contributed by atoms with Crippen molar-refractivity contribution in [2.24, 2.45) is 4.99 Å². The monoisotopic (exact) mass is 317 g/mol. The third kappa shape index (κ3) is 3.59. The molecule has 2 aliphatic rings. The number of nitrogens with one attached hydrogen (secondary N) is 1. The van der Waals surface area contributed by atoms with Crippen LogP contribution in [0.5, 0.6) is 5.75 Å². The lowest BCUT2D eigenvalue weighted by Gasteiger charge is -2.36. The zero-order chi connectivity index (χ0) is 16.2. The van der Waals surface area contributed by atoms with Crippen molar-refractivity contribution in [1.82, 2.24) is 15.1 Å². The molecule has 1 aromatic rings. The highest BCUT2D eigenvalue weighted by Crippen LogP contribution is 2.25. The molecule has 0 saturated carbocycles. The number of non-ortho nitro benzene ring substituents is 1. The molecule has 0 spiro atoms. The number of hydrogen-bond acceptors (Lipinski definition) is 7. The third-order valence-corrected chi connectivity index (χ3v) is 4.05. The Labute approximate surface area is 133 Å². The van der Waals surface area contributed by atoms with Crippen molar-refractivity contribution >= 4 is 12.0 Å². The van der Waals surface area contributed by atoms with Gasteiger partial charge in [-0.15, -0.1) is 0 Å². The summed E-state index contributed by atoms with van der Waals surface area (Å²) in [5.41, 5.74) is 0.595. The number of benzene rings is 1. The molecule has 1 fully saturated rings. The van der Waals surface area contributed by atoms with Gasteiger partial charge in [0, 0.05) is 57.0 Å². The molecule has 0 unspecified atom stereocenters. The maximum atomic E-state index is 10.9. The molecule has 0 bridgehead atoms. The highest BCUT2D eigenvalue weighted by Gasteiger charge is 2.20. The van der Waals surface area contributed by atoms with E-state index in [4.69, 9.17) is 0 Å². The van der Waals surface area contributed by atoms with Crippen molar-refractivity contribution in [1.29, 1.82) is 0 Å². The number of rotatable bonds is 4. The maximum absolute atomic E-state index is 10.9. The third-order valence-electron chi connectivity index (χ3n) is 4.05. The van der Waals surface area contributed by atoms with E-state index in [0.717, 1.165) is 38.5 Å². The summed E-state index contributed by atoms with van der Waals surface area (Å²) < 4.78 is 0. The fourth-order valence-corrected chi connectivity index (χ4v) is 2.77. The van der Waals surface area contributed by atoms with Crippen molar-refractivity contribution in [3.8, 4) is 5.75 Å². The molecule has 1 saturated heterocycles. The Balaban J connectivity index is 1.60. The molecule has 2 aliphatic heterocycles. The van der Waals surface area contributed by atoms with Crippen molar-refractivity contribution in [2.75, 3.05) is 32.7 Å². The molecule has 8 nitrogen and oxygen atoms in total. The molecule has 8 heteroatoms. The molecule has 3 rings (SSSR count). The van der Waals surface area contributed by atoms with Gasteiger partial charge in [0.2, 0.25) is 0 Å². The minimum Gasteiger partial charge on any atom is -0.508 e. The lowest BCUT2D eigenvalue weighted by molar-refractivity contribution is -0.385. The number of phenols is 1.